The van der Waals surface area contributed by atoms with Gasteiger partial charge in [0.05, 0.1) is 0 Å². The van der Waals surface area contributed by atoms with Gasteiger partial charge in [0.1, 0.15) is 0 Å². The van der Waals surface area contributed by atoms with Crippen molar-refractivity contribution in [2.24, 2.45) is 5.92 Å². The molecule has 1 aromatic carbocycles. The Bertz CT molecular complexity index is 490. The minimum Gasteiger partial charge on any atom is -0.396 e. The molecule has 0 saturated heterocycles. The van der Waals surface area contributed by atoms with Gasteiger partial charge in [-0.2, -0.15) is 0 Å². The number of hydrogen-bond donors (Lipinski definition) is 2. The van der Waals surface area contributed by atoms with Gasteiger partial charge in [-0.1, -0.05) is 44.5 Å². The molecule has 1 aliphatic rings. The second-order valence-corrected chi connectivity index (χ2v) is 6.14. The van der Waals surface area contributed by atoms with Gasteiger partial charge in [-0.05, 0) is 36.0 Å². The Labute approximate surface area is 127 Å². The van der Waals surface area contributed by atoms with Crippen LogP contribution in [0.5, 0.6) is 0 Å². The van der Waals surface area contributed by atoms with Crippen LogP contribution in [0.2, 0.25) is 0 Å². The first kappa shape index (κ1) is 15.8. The minimum atomic E-state index is -0.0757. The molecule has 2 rings (SSSR count). The third kappa shape index (κ3) is 4.43. The van der Waals surface area contributed by atoms with Crippen molar-refractivity contribution >= 4 is 12.0 Å². The molecular weight excluding hydrogens is 262 g/mol. The van der Waals surface area contributed by atoms with Crippen molar-refractivity contribution in [3.8, 4) is 0 Å². The lowest BCUT2D eigenvalue weighted by atomic mass is 10.0. The van der Waals surface area contributed by atoms with E-state index in [9.17, 15) is 9.90 Å². The van der Waals surface area contributed by atoms with Crippen LogP contribution >= 0.6 is 0 Å². The predicted octanol–water partition coefficient (Wildman–Crippen LogP) is 3.10. The molecule has 0 bridgehead atoms. The quantitative estimate of drug-likeness (QED) is 0.818. The van der Waals surface area contributed by atoms with E-state index in [2.05, 4.69) is 31.3 Å². The first-order valence-corrected chi connectivity index (χ1v) is 7.79. The van der Waals surface area contributed by atoms with E-state index in [0.717, 1.165) is 24.8 Å². The first-order chi connectivity index (χ1) is 10.1. The molecule has 2 atom stereocenters. The van der Waals surface area contributed by atoms with Crippen LogP contribution in [0.1, 0.15) is 50.2 Å². The van der Waals surface area contributed by atoms with E-state index in [0.29, 0.717) is 5.92 Å². The fourth-order valence-electron chi connectivity index (χ4n) is 2.84. The van der Waals surface area contributed by atoms with Gasteiger partial charge in [0.15, 0.2) is 0 Å². The second-order valence-electron chi connectivity index (χ2n) is 6.14. The number of hydrogen-bond acceptors (Lipinski definition) is 2. The van der Waals surface area contributed by atoms with Gasteiger partial charge in [-0.15, -0.1) is 0 Å². The van der Waals surface area contributed by atoms with Gasteiger partial charge in [0.25, 0.3) is 0 Å². The lowest BCUT2D eigenvalue weighted by molar-refractivity contribution is -0.117. The molecule has 1 saturated carbocycles. The molecular formula is C18H25NO2. The van der Waals surface area contributed by atoms with Crippen LogP contribution in [0.3, 0.4) is 0 Å². The van der Waals surface area contributed by atoms with E-state index >= 15 is 0 Å². The summed E-state index contributed by atoms with van der Waals surface area (Å²) < 4.78 is 0. The molecule has 114 valence electrons. The molecule has 0 aromatic heterocycles. The zero-order chi connectivity index (χ0) is 15.2. The minimum absolute atomic E-state index is 0.0757. The summed E-state index contributed by atoms with van der Waals surface area (Å²) in [6.45, 7) is 4.49. The third-order valence-corrected chi connectivity index (χ3v) is 4.25. The lowest BCUT2D eigenvalue weighted by Crippen LogP contribution is -2.37. The Morgan fingerprint density at radius 3 is 2.67 bits per heavy atom. The first-order valence-electron chi connectivity index (χ1n) is 7.79. The molecule has 1 fully saturated rings. The average Bonchev–Trinajstić information content (AvgIpc) is 2.92. The second kappa shape index (κ2) is 7.41. The highest BCUT2D eigenvalue weighted by Gasteiger charge is 2.27. The molecule has 1 aliphatic carbocycles. The highest BCUT2D eigenvalue weighted by Crippen LogP contribution is 2.25. The summed E-state index contributed by atoms with van der Waals surface area (Å²) in [7, 11) is 0. The standard InChI is InChI=1S/C18H25NO2/c1-13(2)15-9-6-14(7-10-15)8-11-18(21)19-17-5-3-4-16(17)12-20/h6-11,13,16-17,20H,3-5,12H2,1-2H3,(H,19,21)/b11-8+. The number of rotatable bonds is 5. The van der Waals surface area contributed by atoms with Crippen molar-refractivity contribution in [2.45, 2.75) is 45.1 Å². The maximum Gasteiger partial charge on any atom is 0.244 e. The van der Waals surface area contributed by atoms with Crippen molar-refractivity contribution in [2.75, 3.05) is 6.61 Å². The molecule has 1 amide bonds. The molecule has 2 N–H and O–H groups in total. The SMILES string of the molecule is CC(C)c1ccc(/C=C/C(=O)NC2CCCC2CO)cc1. The molecule has 3 nitrogen and oxygen atoms in total. The van der Waals surface area contributed by atoms with Gasteiger partial charge < -0.3 is 10.4 Å². The van der Waals surface area contributed by atoms with Crippen LogP contribution in [-0.4, -0.2) is 23.7 Å². The van der Waals surface area contributed by atoms with Crippen molar-refractivity contribution in [3.63, 3.8) is 0 Å². The Morgan fingerprint density at radius 1 is 1.33 bits per heavy atom. The summed E-state index contributed by atoms with van der Waals surface area (Å²) in [5, 5.41) is 12.3. The summed E-state index contributed by atoms with van der Waals surface area (Å²) in [6.07, 6.45) is 6.46. The fourth-order valence-corrected chi connectivity index (χ4v) is 2.84. The molecule has 1 aromatic rings. The molecule has 0 aliphatic heterocycles. The summed E-state index contributed by atoms with van der Waals surface area (Å²) >= 11 is 0. The average molecular weight is 287 g/mol. The van der Waals surface area contributed by atoms with Gasteiger partial charge in [0, 0.05) is 24.6 Å². The zero-order valence-corrected chi connectivity index (χ0v) is 12.9. The topological polar surface area (TPSA) is 49.3 Å². The van der Waals surface area contributed by atoms with Gasteiger partial charge in [-0.3, -0.25) is 4.79 Å². The van der Waals surface area contributed by atoms with Gasteiger partial charge >= 0.3 is 0 Å². The third-order valence-electron chi connectivity index (χ3n) is 4.25. The highest BCUT2D eigenvalue weighted by molar-refractivity contribution is 5.91. The van der Waals surface area contributed by atoms with E-state index in [4.69, 9.17) is 0 Å². The number of benzene rings is 1. The molecule has 2 unspecified atom stereocenters. The summed E-state index contributed by atoms with van der Waals surface area (Å²) in [5.74, 6) is 0.657. The number of amides is 1. The maximum atomic E-state index is 11.9. The van der Waals surface area contributed by atoms with E-state index in [1.807, 2.05) is 18.2 Å². The van der Waals surface area contributed by atoms with Crippen molar-refractivity contribution < 1.29 is 9.90 Å². The summed E-state index contributed by atoms with van der Waals surface area (Å²) in [6, 6.07) is 8.38. The van der Waals surface area contributed by atoms with Crippen LogP contribution in [0, 0.1) is 5.92 Å². The van der Waals surface area contributed by atoms with Crippen LogP contribution in [0.4, 0.5) is 0 Å². The lowest BCUT2D eigenvalue weighted by Gasteiger charge is -2.17. The van der Waals surface area contributed by atoms with E-state index in [-0.39, 0.29) is 24.5 Å². The van der Waals surface area contributed by atoms with E-state index in [1.54, 1.807) is 6.08 Å². The largest absolute Gasteiger partial charge is 0.396 e. The van der Waals surface area contributed by atoms with Gasteiger partial charge in [0.2, 0.25) is 5.91 Å². The monoisotopic (exact) mass is 287 g/mol. The van der Waals surface area contributed by atoms with Gasteiger partial charge in [-0.25, -0.2) is 0 Å². The molecule has 3 heteroatoms. The maximum absolute atomic E-state index is 11.9. The predicted molar refractivity (Wildman–Crippen MR) is 85.9 cm³/mol. The zero-order valence-electron chi connectivity index (χ0n) is 12.9. The molecule has 0 radical (unpaired) electrons. The van der Waals surface area contributed by atoms with Crippen LogP contribution in [0.15, 0.2) is 30.3 Å². The Balaban J connectivity index is 1.89. The number of aliphatic hydroxyl groups excluding tert-OH is 1. The normalized spacial score (nSPS) is 22.1. The Hall–Kier alpha value is -1.61. The number of carbonyl (C=O) groups excluding carboxylic acids is 1. The highest BCUT2D eigenvalue weighted by atomic mass is 16.3. The van der Waals surface area contributed by atoms with Crippen LogP contribution in [-0.2, 0) is 4.79 Å². The molecule has 21 heavy (non-hydrogen) atoms. The van der Waals surface area contributed by atoms with E-state index in [1.165, 1.54) is 5.56 Å². The molecule has 0 spiro atoms. The number of nitrogens with one attached hydrogen (secondary N) is 1. The van der Waals surface area contributed by atoms with Crippen LogP contribution in [0.25, 0.3) is 6.08 Å². The summed E-state index contributed by atoms with van der Waals surface area (Å²) in [5.41, 5.74) is 2.33. The summed E-state index contributed by atoms with van der Waals surface area (Å²) in [4.78, 5) is 11.9. The molecule has 0 heterocycles. The Morgan fingerprint density at radius 2 is 2.05 bits per heavy atom. The smallest absolute Gasteiger partial charge is 0.244 e. The number of carbonyl (C=O) groups is 1. The van der Waals surface area contributed by atoms with E-state index < -0.39 is 0 Å². The van der Waals surface area contributed by atoms with Crippen molar-refractivity contribution in [3.05, 3.63) is 41.5 Å². The van der Waals surface area contributed by atoms with Crippen LogP contribution < -0.4 is 5.32 Å². The Kier molecular flexibility index (Phi) is 5.57. The number of aliphatic hydroxyl groups is 1. The fraction of sp³-hybridized carbons (Fsp3) is 0.500. The van der Waals surface area contributed by atoms with Crippen molar-refractivity contribution in [1.82, 2.24) is 5.32 Å². The van der Waals surface area contributed by atoms with Crippen molar-refractivity contribution in [1.29, 1.82) is 0 Å².